The van der Waals surface area contributed by atoms with E-state index in [1.54, 1.807) is 0 Å². The van der Waals surface area contributed by atoms with Crippen LogP contribution in [-0.4, -0.2) is 70.0 Å². The van der Waals surface area contributed by atoms with Gasteiger partial charge in [-0.1, -0.05) is 116 Å². The minimum Gasteiger partial charge on any atom is -0.756 e. The molecule has 9 nitrogen and oxygen atoms in total. The van der Waals surface area contributed by atoms with E-state index in [2.05, 4.69) is 26.0 Å². The number of likely N-dealkylation sites (N-methyl/N-ethyl adjacent to an activating group) is 1. The van der Waals surface area contributed by atoms with E-state index in [1.165, 1.54) is 70.6 Å². The maximum absolute atomic E-state index is 12.6. The van der Waals surface area contributed by atoms with Gasteiger partial charge in [0.15, 0.2) is 6.10 Å². The van der Waals surface area contributed by atoms with Gasteiger partial charge in [-0.3, -0.25) is 14.2 Å². The number of rotatable bonds is 33. The summed E-state index contributed by atoms with van der Waals surface area (Å²) < 4.78 is 33.6. The molecule has 2 atom stereocenters. The Morgan fingerprint density at radius 2 is 1.11 bits per heavy atom. The Morgan fingerprint density at radius 3 is 1.61 bits per heavy atom. The summed E-state index contributed by atoms with van der Waals surface area (Å²) >= 11 is 0. The van der Waals surface area contributed by atoms with E-state index in [0.717, 1.165) is 51.4 Å². The summed E-state index contributed by atoms with van der Waals surface area (Å²) in [7, 11) is 1.16. The molecule has 0 N–H and O–H groups in total. The lowest BCUT2D eigenvalue weighted by Gasteiger charge is -2.28. The summed E-state index contributed by atoms with van der Waals surface area (Å²) in [5.74, 6) is -0.850. The fraction of sp³-hybridized carbons (Fsp3) is 0.889. The van der Waals surface area contributed by atoms with E-state index in [1.807, 2.05) is 21.1 Å². The average molecular weight is 676 g/mol. The van der Waals surface area contributed by atoms with E-state index < -0.39 is 32.5 Å². The summed E-state index contributed by atoms with van der Waals surface area (Å²) in [5.41, 5.74) is 0. The lowest BCUT2D eigenvalue weighted by molar-refractivity contribution is -0.870. The van der Waals surface area contributed by atoms with Crippen LogP contribution in [0.1, 0.15) is 155 Å². The summed E-state index contributed by atoms with van der Waals surface area (Å²) in [4.78, 5) is 37.1. The Labute approximate surface area is 282 Å². The first kappa shape index (κ1) is 44.8. The van der Waals surface area contributed by atoms with Gasteiger partial charge in [-0.2, -0.15) is 0 Å². The van der Waals surface area contributed by atoms with Gasteiger partial charge in [-0.25, -0.2) is 0 Å². The van der Waals surface area contributed by atoms with Gasteiger partial charge >= 0.3 is 11.9 Å². The maximum atomic E-state index is 12.6. The Kier molecular flexibility index (Phi) is 29.0. The van der Waals surface area contributed by atoms with Crippen molar-refractivity contribution in [3.05, 3.63) is 12.2 Å². The zero-order valence-corrected chi connectivity index (χ0v) is 31.2. The lowest BCUT2D eigenvalue weighted by Crippen LogP contribution is -2.37. The first-order valence-electron chi connectivity index (χ1n) is 18.4. The van der Waals surface area contributed by atoms with Crippen molar-refractivity contribution in [1.82, 2.24) is 0 Å². The third-order valence-electron chi connectivity index (χ3n) is 7.79. The Balaban J connectivity index is 4.41. The molecular formula is C36H70NO8P. The molecule has 0 rings (SSSR count). The molecule has 0 aliphatic rings. The molecule has 0 aliphatic heterocycles. The van der Waals surface area contributed by atoms with Crippen LogP contribution in [-0.2, 0) is 32.7 Å². The van der Waals surface area contributed by atoms with E-state index >= 15 is 0 Å². The molecule has 0 aliphatic carbocycles. The minimum absolute atomic E-state index is 0.0301. The predicted octanol–water partition coefficient (Wildman–Crippen LogP) is 8.83. The summed E-state index contributed by atoms with van der Waals surface area (Å²) in [5, 5.41) is 0. The van der Waals surface area contributed by atoms with Crippen LogP contribution in [0.5, 0.6) is 0 Å². The molecule has 0 heterocycles. The number of allylic oxidation sites excluding steroid dienone is 2. The Morgan fingerprint density at radius 1 is 0.652 bits per heavy atom. The third-order valence-corrected chi connectivity index (χ3v) is 8.75. The fourth-order valence-electron chi connectivity index (χ4n) is 4.82. The number of quaternary nitrogens is 1. The second kappa shape index (κ2) is 29.9. The van der Waals surface area contributed by atoms with Gasteiger partial charge in [0, 0.05) is 12.8 Å². The van der Waals surface area contributed by atoms with Crippen LogP contribution >= 0.6 is 7.82 Å². The number of hydrogen-bond acceptors (Lipinski definition) is 8. The predicted molar refractivity (Wildman–Crippen MR) is 185 cm³/mol. The van der Waals surface area contributed by atoms with Gasteiger partial charge in [-0.15, -0.1) is 0 Å². The van der Waals surface area contributed by atoms with E-state index in [-0.39, 0.29) is 26.1 Å². The van der Waals surface area contributed by atoms with Crippen molar-refractivity contribution >= 4 is 19.8 Å². The third kappa shape index (κ3) is 32.7. The normalized spacial score (nSPS) is 14.0. The number of nitrogens with zero attached hydrogens (tertiary/aromatic N) is 1. The highest BCUT2D eigenvalue weighted by molar-refractivity contribution is 7.45. The van der Waals surface area contributed by atoms with Gasteiger partial charge in [0.05, 0.1) is 27.7 Å². The van der Waals surface area contributed by atoms with E-state index in [9.17, 15) is 19.0 Å². The van der Waals surface area contributed by atoms with Crippen LogP contribution < -0.4 is 4.89 Å². The molecule has 0 aromatic heterocycles. The molecule has 272 valence electrons. The summed E-state index contributed by atoms with van der Waals surface area (Å²) in [6, 6.07) is 0. The minimum atomic E-state index is -4.61. The SMILES string of the molecule is CCCCCCCC/C=C/CCCCCCCC(=O)O[C@H](COC(=O)CCCCCCCCC)COP(=O)([O-])OCC[N+](C)(C)C. The topological polar surface area (TPSA) is 111 Å². The van der Waals surface area contributed by atoms with Crippen molar-refractivity contribution in [2.24, 2.45) is 0 Å². The Hall–Kier alpha value is -1.25. The molecule has 0 aromatic carbocycles. The molecule has 0 saturated carbocycles. The molecule has 0 saturated heterocycles. The molecule has 0 fully saturated rings. The monoisotopic (exact) mass is 675 g/mol. The van der Waals surface area contributed by atoms with Crippen molar-refractivity contribution in [1.29, 1.82) is 0 Å². The molecule has 46 heavy (non-hydrogen) atoms. The van der Waals surface area contributed by atoms with Crippen molar-refractivity contribution < 1.29 is 42.1 Å². The van der Waals surface area contributed by atoms with Crippen molar-refractivity contribution in [2.75, 3.05) is 47.5 Å². The number of esters is 2. The van der Waals surface area contributed by atoms with Crippen molar-refractivity contribution in [3.63, 3.8) is 0 Å². The molecule has 0 aromatic rings. The van der Waals surface area contributed by atoms with Crippen LogP contribution in [0.3, 0.4) is 0 Å². The maximum Gasteiger partial charge on any atom is 0.306 e. The lowest BCUT2D eigenvalue weighted by atomic mass is 10.1. The zero-order valence-electron chi connectivity index (χ0n) is 30.3. The van der Waals surface area contributed by atoms with Crippen LogP contribution in [0.15, 0.2) is 12.2 Å². The number of carbonyl (C=O) groups excluding carboxylic acids is 2. The van der Waals surface area contributed by atoms with Gasteiger partial charge in [0.2, 0.25) is 0 Å². The molecular weight excluding hydrogens is 605 g/mol. The van der Waals surface area contributed by atoms with Crippen molar-refractivity contribution in [3.8, 4) is 0 Å². The number of phosphoric ester groups is 1. The van der Waals surface area contributed by atoms with Crippen LogP contribution in [0.25, 0.3) is 0 Å². The number of hydrogen-bond donors (Lipinski definition) is 0. The summed E-state index contributed by atoms with van der Waals surface area (Å²) in [6.07, 6.45) is 26.8. The number of carbonyl (C=O) groups is 2. The van der Waals surface area contributed by atoms with Crippen molar-refractivity contribution in [2.45, 2.75) is 161 Å². The first-order valence-corrected chi connectivity index (χ1v) is 19.9. The second-order valence-corrected chi connectivity index (χ2v) is 15.0. The number of phosphoric acid groups is 1. The van der Waals surface area contributed by atoms with Gasteiger partial charge < -0.3 is 27.9 Å². The van der Waals surface area contributed by atoms with Crippen LogP contribution in [0.4, 0.5) is 0 Å². The van der Waals surface area contributed by atoms with Crippen LogP contribution in [0.2, 0.25) is 0 Å². The standard InChI is InChI=1S/C36H70NO8P/c1-6-8-10-12-14-15-16-17-18-19-20-21-23-25-27-29-36(39)45-34(33-44-46(40,41)43-31-30-37(3,4)5)32-42-35(38)28-26-24-22-13-11-9-7-2/h17-18,34H,6-16,19-33H2,1-5H3/b18-17+/t34-/m1/s1. The first-order chi connectivity index (χ1) is 22.0. The van der Waals surface area contributed by atoms with Crippen LogP contribution in [0, 0.1) is 0 Å². The molecule has 0 spiro atoms. The molecule has 10 heteroatoms. The summed E-state index contributed by atoms with van der Waals surface area (Å²) in [6.45, 7) is 4.15. The van der Waals surface area contributed by atoms with E-state index in [4.69, 9.17) is 18.5 Å². The quantitative estimate of drug-likeness (QED) is 0.0223. The highest BCUT2D eigenvalue weighted by Gasteiger charge is 2.21. The highest BCUT2D eigenvalue weighted by atomic mass is 31.2. The van der Waals surface area contributed by atoms with E-state index in [0.29, 0.717) is 17.4 Å². The largest absolute Gasteiger partial charge is 0.756 e. The van der Waals surface area contributed by atoms with Gasteiger partial charge in [0.1, 0.15) is 19.8 Å². The molecule has 1 unspecified atom stereocenters. The average Bonchev–Trinajstić information content (AvgIpc) is 2.99. The molecule has 0 radical (unpaired) electrons. The zero-order chi connectivity index (χ0) is 34.4. The van der Waals surface area contributed by atoms with Gasteiger partial charge in [-0.05, 0) is 38.5 Å². The highest BCUT2D eigenvalue weighted by Crippen LogP contribution is 2.38. The molecule has 0 bridgehead atoms. The second-order valence-electron chi connectivity index (χ2n) is 13.6. The number of unbranched alkanes of at least 4 members (excludes halogenated alkanes) is 17. The number of ether oxygens (including phenoxy) is 2. The molecule has 0 amide bonds. The Bertz CT molecular complexity index is 814. The smallest absolute Gasteiger partial charge is 0.306 e. The van der Waals surface area contributed by atoms with Gasteiger partial charge in [0.25, 0.3) is 7.82 Å². The fourth-order valence-corrected chi connectivity index (χ4v) is 5.55.